The topological polar surface area (TPSA) is 166 Å². The van der Waals surface area contributed by atoms with E-state index in [1.165, 1.54) is 21.1 Å². The SMILES string of the molecule is C[N+](C)(C)C(COCCC(=O)O)(COCCC(=O)O)C(OCCC(=O)O)OC(=O)C(F)(F)F.[Cl-]. The van der Waals surface area contributed by atoms with E-state index >= 15 is 0 Å². The van der Waals surface area contributed by atoms with Crippen LogP contribution in [0.3, 0.4) is 0 Å². The van der Waals surface area contributed by atoms with Gasteiger partial charge in [0.05, 0.1) is 60.2 Å². The number of aliphatic carboxylic acids is 3. The molecule has 0 aromatic rings. The third-order valence-corrected chi connectivity index (χ3v) is 4.43. The molecule has 0 saturated carbocycles. The van der Waals surface area contributed by atoms with Crippen molar-refractivity contribution < 1.29 is 83.5 Å². The van der Waals surface area contributed by atoms with E-state index in [1.807, 2.05) is 0 Å². The van der Waals surface area contributed by atoms with E-state index in [1.54, 1.807) is 0 Å². The van der Waals surface area contributed by atoms with Crippen LogP contribution < -0.4 is 12.4 Å². The highest BCUT2D eigenvalue weighted by atomic mass is 35.5. The molecule has 3 N–H and O–H groups in total. The molecule has 0 fully saturated rings. The lowest BCUT2D eigenvalue weighted by Crippen LogP contribution is -3.00. The van der Waals surface area contributed by atoms with Crippen LogP contribution >= 0.6 is 0 Å². The molecule has 0 aromatic carbocycles. The van der Waals surface area contributed by atoms with Gasteiger partial charge in [0.15, 0.2) is 0 Å². The molecule has 0 aliphatic heterocycles. The van der Waals surface area contributed by atoms with Crippen molar-refractivity contribution in [2.24, 2.45) is 0 Å². The number of halogens is 4. The van der Waals surface area contributed by atoms with Crippen LogP contribution in [0.2, 0.25) is 0 Å². The van der Waals surface area contributed by atoms with Gasteiger partial charge in [0.1, 0.15) is 13.2 Å². The van der Waals surface area contributed by atoms with Crippen molar-refractivity contribution in [3.63, 3.8) is 0 Å². The van der Waals surface area contributed by atoms with Gasteiger partial charge < -0.3 is 51.2 Å². The van der Waals surface area contributed by atoms with Crippen molar-refractivity contribution in [1.82, 2.24) is 0 Å². The fourth-order valence-electron chi connectivity index (χ4n) is 2.41. The Morgan fingerprint density at radius 2 is 1.18 bits per heavy atom. The van der Waals surface area contributed by atoms with E-state index in [0.29, 0.717) is 0 Å². The van der Waals surface area contributed by atoms with Crippen molar-refractivity contribution in [3.05, 3.63) is 0 Å². The zero-order valence-electron chi connectivity index (χ0n) is 18.8. The van der Waals surface area contributed by atoms with Gasteiger partial charge in [0, 0.05) is 0 Å². The molecule has 16 heteroatoms. The maximum Gasteiger partial charge on any atom is 0.491 e. The highest BCUT2D eigenvalue weighted by Gasteiger charge is 2.56. The molecule has 0 spiro atoms. The number of ether oxygens (including phenoxy) is 4. The molecule has 34 heavy (non-hydrogen) atoms. The number of carboxylic acid groups (broad SMARTS) is 3. The van der Waals surface area contributed by atoms with Crippen molar-refractivity contribution in [3.8, 4) is 0 Å². The Morgan fingerprint density at radius 3 is 1.50 bits per heavy atom. The molecule has 0 bridgehead atoms. The first-order valence-electron chi connectivity index (χ1n) is 9.54. The Morgan fingerprint density at radius 1 is 0.794 bits per heavy atom. The minimum Gasteiger partial charge on any atom is -1.00 e. The lowest BCUT2D eigenvalue weighted by molar-refractivity contribution is -0.933. The van der Waals surface area contributed by atoms with Gasteiger partial charge in [-0.25, -0.2) is 4.79 Å². The second kappa shape index (κ2) is 14.9. The fourth-order valence-corrected chi connectivity index (χ4v) is 2.41. The summed E-state index contributed by atoms with van der Waals surface area (Å²) in [4.78, 5) is 43.9. The molecule has 0 saturated heterocycles. The summed E-state index contributed by atoms with van der Waals surface area (Å²) in [6.45, 7) is -2.45. The number of hydrogen-bond donors (Lipinski definition) is 3. The normalized spacial score (nSPS) is 13.0. The maximum atomic E-state index is 12.9. The molecule has 12 nitrogen and oxygen atoms in total. The van der Waals surface area contributed by atoms with Crippen LogP contribution in [-0.2, 0) is 38.1 Å². The molecule has 1 unspecified atom stereocenters. The quantitative estimate of drug-likeness (QED) is 0.0782. The minimum atomic E-state index is -5.40. The number of hydrogen-bond acceptors (Lipinski definition) is 8. The third-order valence-electron chi connectivity index (χ3n) is 4.43. The average molecular weight is 528 g/mol. The van der Waals surface area contributed by atoms with Gasteiger partial charge in [-0.05, 0) is 0 Å². The molecule has 0 aliphatic rings. The van der Waals surface area contributed by atoms with Crippen molar-refractivity contribution in [2.75, 3.05) is 54.2 Å². The molecule has 0 aromatic heterocycles. The summed E-state index contributed by atoms with van der Waals surface area (Å²) in [5.74, 6) is -6.36. The predicted molar refractivity (Wildman–Crippen MR) is 101 cm³/mol. The molecular weight excluding hydrogens is 499 g/mol. The van der Waals surface area contributed by atoms with Gasteiger partial charge in [0.25, 0.3) is 6.29 Å². The van der Waals surface area contributed by atoms with Gasteiger partial charge >= 0.3 is 30.1 Å². The standard InChI is InChI=1S/C18H28F3NO11.ClH/c1-22(2,3)17(10-30-7-4-12(23)24,11-31-8-5-13(25)26)16(32-9-6-14(27)28)33-15(29)18(19,20)21;/h16H,4-11H2,1-3H3,(H2-,23,24,25,26,27,28);1H. The maximum absolute atomic E-state index is 12.9. The molecule has 0 heterocycles. The summed E-state index contributed by atoms with van der Waals surface area (Å²) in [5.41, 5.74) is -1.78. The number of esters is 1. The summed E-state index contributed by atoms with van der Waals surface area (Å²) >= 11 is 0. The van der Waals surface area contributed by atoms with E-state index in [-0.39, 0.29) is 30.1 Å². The molecule has 0 rings (SSSR count). The Balaban J connectivity index is 0. The molecule has 200 valence electrons. The second-order valence-electron chi connectivity index (χ2n) is 7.76. The number of carbonyl (C=O) groups is 4. The molecule has 1 atom stereocenters. The molecule has 0 radical (unpaired) electrons. The summed E-state index contributed by atoms with van der Waals surface area (Å²) in [7, 11) is 4.41. The van der Waals surface area contributed by atoms with E-state index in [2.05, 4.69) is 4.74 Å². The Bertz CT molecular complexity index is 661. The van der Waals surface area contributed by atoms with Crippen molar-refractivity contribution >= 4 is 23.9 Å². The summed E-state index contributed by atoms with van der Waals surface area (Å²) < 4.78 is 58.9. The lowest BCUT2D eigenvalue weighted by atomic mass is 9.96. The number of rotatable bonds is 17. The summed E-state index contributed by atoms with van der Waals surface area (Å²) in [5, 5.41) is 26.4. The van der Waals surface area contributed by atoms with Crippen molar-refractivity contribution in [1.29, 1.82) is 0 Å². The zero-order valence-corrected chi connectivity index (χ0v) is 19.6. The fraction of sp³-hybridized carbons (Fsp3) is 0.778. The van der Waals surface area contributed by atoms with E-state index in [9.17, 15) is 32.3 Å². The van der Waals surface area contributed by atoms with Crippen molar-refractivity contribution in [2.45, 2.75) is 37.3 Å². The van der Waals surface area contributed by atoms with Gasteiger partial charge in [0.2, 0.25) is 5.54 Å². The largest absolute Gasteiger partial charge is 1.00 e. The Kier molecular flexibility index (Phi) is 14.9. The van der Waals surface area contributed by atoms with E-state index in [0.717, 1.165) is 0 Å². The highest BCUT2D eigenvalue weighted by molar-refractivity contribution is 5.75. The van der Waals surface area contributed by atoms with Crippen LogP contribution in [0, 0.1) is 0 Å². The van der Waals surface area contributed by atoms with E-state index < -0.39 is 81.0 Å². The first-order valence-corrected chi connectivity index (χ1v) is 9.54. The minimum absolute atomic E-state index is 0. The molecular formula is C18H29ClF3NO11. The van der Waals surface area contributed by atoms with Crippen LogP contribution in [0.25, 0.3) is 0 Å². The summed E-state index contributed by atoms with van der Waals surface area (Å²) in [6, 6.07) is 0. The van der Waals surface area contributed by atoms with Gasteiger partial charge in [-0.1, -0.05) is 0 Å². The van der Waals surface area contributed by atoms with Crippen LogP contribution in [0.1, 0.15) is 19.3 Å². The van der Waals surface area contributed by atoms with Crippen LogP contribution in [-0.4, -0.2) is 116 Å². The van der Waals surface area contributed by atoms with Crippen LogP contribution in [0.4, 0.5) is 13.2 Å². The Labute approximate surface area is 199 Å². The van der Waals surface area contributed by atoms with Crippen LogP contribution in [0.15, 0.2) is 0 Å². The lowest BCUT2D eigenvalue weighted by Gasteiger charge is -2.48. The van der Waals surface area contributed by atoms with Crippen LogP contribution in [0.5, 0.6) is 0 Å². The summed E-state index contributed by atoms with van der Waals surface area (Å²) in [6.07, 6.45) is -8.98. The third kappa shape index (κ3) is 12.3. The highest BCUT2D eigenvalue weighted by Crippen LogP contribution is 2.31. The molecule has 0 amide bonds. The molecule has 0 aliphatic carbocycles. The van der Waals surface area contributed by atoms with Gasteiger partial charge in [-0.3, -0.25) is 14.4 Å². The second-order valence-corrected chi connectivity index (χ2v) is 7.76. The zero-order chi connectivity index (χ0) is 25.9. The average Bonchev–Trinajstić information content (AvgIpc) is 2.63. The van der Waals surface area contributed by atoms with Gasteiger partial charge in [-0.15, -0.1) is 0 Å². The number of nitrogens with zero attached hydrogens (tertiary/aromatic N) is 1. The number of carbonyl (C=O) groups excluding carboxylic acids is 1. The smallest absolute Gasteiger partial charge is 0.491 e. The van der Waals surface area contributed by atoms with E-state index in [4.69, 9.17) is 29.5 Å². The first-order chi connectivity index (χ1) is 15.0. The monoisotopic (exact) mass is 527 g/mol. The number of carboxylic acids is 3. The number of alkyl halides is 3. The first kappa shape index (κ1) is 34.0. The van der Waals surface area contributed by atoms with Gasteiger partial charge in [-0.2, -0.15) is 13.2 Å². The predicted octanol–water partition coefficient (Wildman–Crippen LogP) is -2.66. The number of quaternary nitrogens is 1. The number of likely N-dealkylation sites (N-methyl/N-ethyl adjacent to an activating group) is 1. The Hall–Kier alpha value is -2.20.